The summed E-state index contributed by atoms with van der Waals surface area (Å²) in [6.07, 6.45) is -0.0162. The van der Waals surface area contributed by atoms with Crippen molar-refractivity contribution in [3.05, 3.63) is 24.3 Å². The molecule has 0 unspecified atom stereocenters. The molecule has 2 amide bonds. The van der Waals surface area contributed by atoms with Gasteiger partial charge in [-0.25, -0.2) is 0 Å². The first-order valence-corrected chi connectivity index (χ1v) is 4.16. The number of carbonyl (C=O) groups is 2. The predicted octanol–water partition coefficient (Wildman–Crippen LogP) is -1.38. The van der Waals surface area contributed by atoms with E-state index in [1.54, 1.807) is 0 Å². The van der Waals surface area contributed by atoms with Crippen molar-refractivity contribution in [2.24, 2.45) is 0 Å². The molecule has 0 spiro atoms. The van der Waals surface area contributed by atoms with Gasteiger partial charge in [-0.05, 0) is 0 Å². The molecule has 84 valence electrons. The largest absolute Gasteiger partial charge is 0.376 e. The van der Waals surface area contributed by atoms with Gasteiger partial charge in [-0.2, -0.15) is 0 Å². The fraction of sp³-hybridized carbons (Fsp3) is 0.333. The van der Waals surface area contributed by atoms with Crippen molar-refractivity contribution in [2.75, 3.05) is 13.5 Å². The summed E-state index contributed by atoms with van der Waals surface area (Å²) in [6, 6.07) is 0. The van der Waals surface area contributed by atoms with Crippen LogP contribution in [0.15, 0.2) is 24.3 Å². The summed E-state index contributed by atoms with van der Waals surface area (Å²) in [5, 5.41) is 21.0. The Morgan fingerprint density at radius 2 is 1.27 bits per heavy atom. The van der Waals surface area contributed by atoms with Gasteiger partial charge in [0.2, 0.25) is 11.8 Å². The number of rotatable bonds is 6. The summed E-state index contributed by atoms with van der Waals surface area (Å²) in [4.78, 5) is 22.1. The Balaban J connectivity index is 4.12. The Morgan fingerprint density at radius 1 is 0.933 bits per heavy atom. The molecule has 0 atom stereocenters. The Labute approximate surface area is 87.3 Å². The van der Waals surface area contributed by atoms with Gasteiger partial charge in [-0.3, -0.25) is 9.59 Å². The summed E-state index contributed by atoms with van der Waals surface area (Å²) in [5.41, 5.74) is 0.226. The molecule has 0 saturated carbocycles. The Bertz CT molecular complexity index is 258. The topological polar surface area (TPSA) is 98.7 Å². The van der Waals surface area contributed by atoms with Gasteiger partial charge in [0.25, 0.3) is 0 Å². The molecule has 4 N–H and O–H groups in total. The van der Waals surface area contributed by atoms with Gasteiger partial charge in [0, 0.05) is 17.6 Å². The lowest BCUT2D eigenvalue weighted by molar-refractivity contribution is -0.118. The fourth-order valence-electron chi connectivity index (χ4n) is 0.812. The molecular weight excluding hydrogens is 200 g/mol. The summed E-state index contributed by atoms with van der Waals surface area (Å²) in [5.74, 6) is -1.09. The number of amides is 2. The van der Waals surface area contributed by atoms with E-state index in [1.807, 2.05) is 0 Å². The number of aliphatic hydroxyl groups excluding tert-OH is 2. The van der Waals surface area contributed by atoms with E-state index in [0.717, 1.165) is 0 Å². The zero-order valence-electron chi connectivity index (χ0n) is 8.25. The molecule has 0 fully saturated rings. The number of hydrogen-bond donors (Lipinski definition) is 4. The molecule has 0 radical (unpaired) electrons. The van der Waals surface area contributed by atoms with Crippen LogP contribution in [0.25, 0.3) is 0 Å². The third-order valence-electron chi connectivity index (χ3n) is 1.55. The lowest BCUT2D eigenvalue weighted by atomic mass is 10.1. The minimum Gasteiger partial charge on any atom is -0.376 e. The Morgan fingerprint density at radius 3 is 1.53 bits per heavy atom. The lowest BCUT2D eigenvalue weighted by Gasteiger charge is -2.07. The highest BCUT2D eigenvalue weighted by Crippen LogP contribution is 2.07. The van der Waals surface area contributed by atoms with Gasteiger partial charge in [-0.15, -0.1) is 0 Å². The van der Waals surface area contributed by atoms with Crippen molar-refractivity contribution in [3.63, 3.8) is 0 Å². The van der Waals surface area contributed by atoms with Crippen LogP contribution in [0.1, 0.15) is 6.42 Å². The lowest BCUT2D eigenvalue weighted by Crippen LogP contribution is -2.28. The summed E-state index contributed by atoms with van der Waals surface area (Å²) in [7, 11) is 0. The van der Waals surface area contributed by atoms with E-state index in [9.17, 15) is 9.59 Å². The zero-order chi connectivity index (χ0) is 11.8. The molecule has 0 aliphatic carbocycles. The van der Waals surface area contributed by atoms with Crippen LogP contribution in [0, 0.1) is 0 Å². The van der Waals surface area contributed by atoms with E-state index in [-0.39, 0.29) is 17.6 Å². The SMILES string of the molecule is C=C(CC(=C)C(=O)NCO)C(=O)NCO. The van der Waals surface area contributed by atoms with Crippen LogP contribution in [0.4, 0.5) is 0 Å². The average Bonchev–Trinajstić information content (AvgIpc) is 2.18. The van der Waals surface area contributed by atoms with Crippen LogP contribution in [0.2, 0.25) is 0 Å². The minimum atomic E-state index is -0.546. The molecular formula is C9H14N2O4. The maximum atomic E-state index is 11.1. The van der Waals surface area contributed by atoms with Crippen molar-refractivity contribution >= 4 is 11.8 Å². The smallest absolute Gasteiger partial charge is 0.248 e. The van der Waals surface area contributed by atoms with Crippen molar-refractivity contribution in [2.45, 2.75) is 6.42 Å². The highest BCUT2D eigenvalue weighted by Gasteiger charge is 2.11. The van der Waals surface area contributed by atoms with Crippen LogP contribution in [0.5, 0.6) is 0 Å². The number of carbonyl (C=O) groups excluding carboxylic acids is 2. The molecule has 0 aromatic heterocycles. The maximum absolute atomic E-state index is 11.1. The van der Waals surface area contributed by atoms with E-state index in [0.29, 0.717) is 0 Å². The molecule has 0 aromatic carbocycles. The monoisotopic (exact) mass is 214 g/mol. The van der Waals surface area contributed by atoms with Crippen LogP contribution < -0.4 is 10.6 Å². The first-order chi connectivity index (χ1) is 7.02. The second kappa shape index (κ2) is 6.74. The molecule has 6 nitrogen and oxygen atoms in total. The molecule has 0 aromatic rings. The summed E-state index contributed by atoms with van der Waals surface area (Å²) >= 11 is 0. The average molecular weight is 214 g/mol. The molecule has 0 aliphatic heterocycles. The normalized spacial score (nSPS) is 9.20. The number of nitrogens with one attached hydrogen (secondary N) is 2. The molecule has 0 aliphatic rings. The molecule has 15 heavy (non-hydrogen) atoms. The van der Waals surface area contributed by atoms with E-state index in [2.05, 4.69) is 23.8 Å². The van der Waals surface area contributed by atoms with Gasteiger partial charge in [-0.1, -0.05) is 13.2 Å². The second-order valence-corrected chi connectivity index (χ2v) is 2.71. The fourth-order valence-corrected chi connectivity index (χ4v) is 0.812. The van der Waals surface area contributed by atoms with Gasteiger partial charge < -0.3 is 20.8 Å². The van der Waals surface area contributed by atoms with E-state index in [4.69, 9.17) is 10.2 Å². The first kappa shape index (κ1) is 13.3. The van der Waals surface area contributed by atoms with Crippen molar-refractivity contribution < 1.29 is 19.8 Å². The van der Waals surface area contributed by atoms with Crippen LogP contribution in [-0.2, 0) is 9.59 Å². The van der Waals surface area contributed by atoms with Gasteiger partial charge >= 0.3 is 0 Å². The number of aliphatic hydroxyl groups is 2. The van der Waals surface area contributed by atoms with Crippen molar-refractivity contribution in [3.8, 4) is 0 Å². The zero-order valence-corrected chi connectivity index (χ0v) is 8.25. The summed E-state index contributed by atoms with van der Waals surface area (Å²) < 4.78 is 0. The standard InChI is InChI=1S/C9H14N2O4/c1-6(8(14)10-4-12)3-7(2)9(15)11-5-13/h12-13H,1-5H2,(H,10,14)(H,11,15). The highest BCUT2D eigenvalue weighted by atomic mass is 16.3. The third-order valence-corrected chi connectivity index (χ3v) is 1.55. The van der Waals surface area contributed by atoms with E-state index < -0.39 is 25.3 Å². The Hall–Kier alpha value is -1.66. The highest BCUT2D eigenvalue weighted by molar-refractivity contribution is 5.98. The van der Waals surface area contributed by atoms with Gasteiger partial charge in [0.15, 0.2) is 0 Å². The quantitative estimate of drug-likeness (QED) is 0.323. The predicted molar refractivity (Wildman–Crippen MR) is 53.4 cm³/mol. The third kappa shape index (κ3) is 4.94. The minimum absolute atomic E-state index is 0.0162. The van der Waals surface area contributed by atoms with E-state index in [1.165, 1.54) is 0 Å². The number of hydrogen-bond acceptors (Lipinski definition) is 4. The van der Waals surface area contributed by atoms with Crippen molar-refractivity contribution in [1.82, 2.24) is 10.6 Å². The molecule has 0 saturated heterocycles. The second-order valence-electron chi connectivity index (χ2n) is 2.71. The van der Waals surface area contributed by atoms with Crippen LogP contribution >= 0.6 is 0 Å². The summed E-state index contributed by atoms with van der Waals surface area (Å²) in [6.45, 7) is 5.87. The first-order valence-electron chi connectivity index (χ1n) is 4.16. The van der Waals surface area contributed by atoms with Gasteiger partial charge in [0.1, 0.15) is 13.5 Å². The molecule has 0 rings (SSSR count). The van der Waals surface area contributed by atoms with E-state index >= 15 is 0 Å². The molecule has 6 heteroatoms. The Kier molecular flexibility index (Phi) is 6.00. The van der Waals surface area contributed by atoms with Crippen LogP contribution in [-0.4, -0.2) is 35.5 Å². The van der Waals surface area contributed by atoms with Crippen molar-refractivity contribution in [1.29, 1.82) is 0 Å². The molecule has 0 bridgehead atoms. The van der Waals surface area contributed by atoms with Gasteiger partial charge in [0.05, 0.1) is 0 Å². The maximum Gasteiger partial charge on any atom is 0.248 e. The molecule has 0 heterocycles. The van der Waals surface area contributed by atoms with Crippen LogP contribution in [0.3, 0.4) is 0 Å².